The number of hydrogen-bond acceptors (Lipinski definition) is 5. The Morgan fingerprint density at radius 3 is 2.38 bits per heavy atom. The molecule has 2 aromatic rings. The van der Waals surface area contributed by atoms with Crippen molar-refractivity contribution in [3.05, 3.63) is 56.9 Å². The number of likely N-dealkylation sites (tertiary alicyclic amines) is 1. The number of nitrogens with zero attached hydrogens (tertiary/aromatic N) is 1. The minimum absolute atomic E-state index is 0.130. The van der Waals surface area contributed by atoms with Gasteiger partial charge in [0.15, 0.2) is 11.6 Å². The van der Waals surface area contributed by atoms with Crippen molar-refractivity contribution in [1.82, 2.24) is 10.2 Å². The van der Waals surface area contributed by atoms with Crippen molar-refractivity contribution in [2.75, 3.05) is 18.4 Å². The van der Waals surface area contributed by atoms with Crippen molar-refractivity contribution in [2.24, 2.45) is 0 Å². The summed E-state index contributed by atoms with van der Waals surface area (Å²) in [5.41, 5.74) is -3.04. The van der Waals surface area contributed by atoms with Crippen LogP contribution in [0.3, 0.4) is 0 Å². The van der Waals surface area contributed by atoms with Crippen LogP contribution in [-0.2, 0) is 4.74 Å². The SMILES string of the molecule is C[C@@H](NC(=O)OC(C)(C)C)C1(O)CN(C(=O)c2ccc(F)c(F)c2Nc2ccc(I)cc2F)C1. The summed E-state index contributed by atoms with van der Waals surface area (Å²) >= 11 is 1.90. The second kappa shape index (κ2) is 9.61. The van der Waals surface area contributed by atoms with Crippen molar-refractivity contribution in [1.29, 1.82) is 0 Å². The van der Waals surface area contributed by atoms with Gasteiger partial charge in [-0.25, -0.2) is 18.0 Å². The van der Waals surface area contributed by atoms with E-state index in [1.807, 2.05) is 22.6 Å². The summed E-state index contributed by atoms with van der Waals surface area (Å²) in [6.45, 7) is 6.33. The molecule has 1 saturated heterocycles. The number of β-amino-alcohol motifs (C(OH)–C–C–N with tert-alkyl or cyclic N) is 1. The van der Waals surface area contributed by atoms with Gasteiger partial charge < -0.3 is 25.4 Å². The predicted molar refractivity (Wildman–Crippen MR) is 128 cm³/mol. The maximum atomic E-state index is 14.6. The van der Waals surface area contributed by atoms with Crippen LogP contribution in [0.25, 0.3) is 0 Å². The fourth-order valence-corrected chi connectivity index (χ4v) is 3.85. The van der Waals surface area contributed by atoms with E-state index in [0.717, 1.165) is 12.1 Å². The number of carbonyl (C=O) groups is 2. The zero-order valence-corrected chi connectivity index (χ0v) is 21.2. The molecular formula is C23H25F3IN3O4. The molecule has 0 bridgehead atoms. The third kappa shape index (κ3) is 5.74. The molecule has 0 radical (unpaired) electrons. The number of amides is 2. The van der Waals surface area contributed by atoms with Gasteiger partial charge in [-0.2, -0.15) is 0 Å². The largest absolute Gasteiger partial charge is 0.444 e. The van der Waals surface area contributed by atoms with Gasteiger partial charge in [0.1, 0.15) is 17.0 Å². The first-order valence-corrected chi connectivity index (χ1v) is 11.5. The summed E-state index contributed by atoms with van der Waals surface area (Å²) in [4.78, 5) is 26.2. The zero-order valence-electron chi connectivity index (χ0n) is 19.0. The van der Waals surface area contributed by atoms with Gasteiger partial charge in [0.25, 0.3) is 5.91 Å². The molecule has 2 aromatic carbocycles. The summed E-state index contributed by atoms with van der Waals surface area (Å²) < 4.78 is 48.6. The van der Waals surface area contributed by atoms with Gasteiger partial charge in [-0.15, -0.1) is 0 Å². The lowest BCUT2D eigenvalue weighted by molar-refractivity contribution is -0.100. The number of ether oxygens (including phenoxy) is 1. The van der Waals surface area contributed by atoms with E-state index in [1.165, 1.54) is 17.0 Å². The Bertz CT molecular complexity index is 1120. The molecule has 2 amide bonds. The minimum Gasteiger partial charge on any atom is -0.444 e. The minimum atomic E-state index is -1.44. The Kier molecular flexibility index (Phi) is 7.37. The molecule has 1 heterocycles. The van der Waals surface area contributed by atoms with E-state index in [4.69, 9.17) is 4.74 Å². The van der Waals surface area contributed by atoms with E-state index >= 15 is 0 Å². The van der Waals surface area contributed by atoms with Crippen LogP contribution in [0, 0.1) is 21.0 Å². The van der Waals surface area contributed by atoms with Crippen molar-refractivity contribution in [3.63, 3.8) is 0 Å². The van der Waals surface area contributed by atoms with Gasteiger partial charge in [-0.3, -0.25) is 4.79 Å². The van der Waals surface area contributed by atoms with Crippen LogP contribution in [0.2, 0.25) is 0 Å². The lowest BCUT2D eigenvalue weighted by Gasteiger charge is -2.49. The number of aliphatic hydroxyl groups is 1. The molecule has 3 rings (SSSR count). The first-order chi connectivity index (χ1) is 15.7. The summed E-state index contributed by atoms with van der Waals surface area (Å²) in [5, 5.41) is 15.8. The molecule has 0 spiro atoms. The predicted octanol–water partition coefficient (Wildman–Crippen LogP) is 4.55. The van der Waals surface area contributed by atoms with Crippen LogP contribution in [0.15, 0.2) is 30.3 Å². The number of anilines is 2. The molecule has 184 valence electrons. The summed E-state index contributed by atoms with van der Waals surface area (Å²) in [6.07, 6.45) is -0.718. The quantitative estimate of drug-likeness (QED) is 0.444. The molecule has 34 heavy (non-hydrogen) atoms. The van der Waals surface area contributed by atoms with E-state index in [9.17, 15) is 27.9 Å². The number of rotatable bonds is 5. The van der Waals surface area contributed by atoms with Crippen molar-refractivity contribution in [2.45, 2.75) is 44.9 Å². The van der Waals surface area contributed by atoms with Crippen LogP contribution in [-0.4, -0.2) is 52.3 Å². The van der Waals surface area contributed by atoms with Gasteiger partial charge in [0, 0.05) is 3.57 Å². The van der Waals surface area contributed by atoms with Gasteiger partial charge >= 0.3 is 6.09 Å². The van der Waals surface area contributed by atoms with Crippen molar-refractivity contribution in [3.8, 4) is 0 Å². The van der Waals surface area contributed by atoms with Gasteiger partial charge in [0.05, 0.1) is 36.1 Å². The molecule has 0 aromatic heterocycles. The summed E-state index contributed by atoms with van der Waals surface area (Å²) in [6, 6.07) is 5.26. The molecular weight excluding hydrogens is 566 g/mol. The highest BCUT2D eigenvalue weighted by Crippen LogP contribution is 2.32. The first kappa shape index (κ1) is 26.1. The van der Waals surface area contributed by atoms with Crippen LogP contribution >= 0.6 is 22.6 Å². The Labute approximate surface area is 208 Å². The van der Waals surface area contributed by atoms with Crippen molar-refractivity contribution >= 4 is 46.0 Å². The maximum Gasteiger partial charge on any atom is 0.407 e. The molecule has 3 N–H and O–H groups in total. The highest BCUT2D eigenvalue weighted by atomic mass is 127. The Morgan fingerprint density at radius 1 is 1.15 bits per heavy atom. The van der Waals surface area contributed by atoms with Crippen LogP contribution in [0.4, 0.5) is 29.3 Å². The zero-order chi connectivity index (χ0) is 25.4. The summed E-state index contributed by atoms with van der Waals surface area (Å²) in [5.74, 6) is -3.93. The average Bonchev–Trinajstić information content (AvgIpc) is 2.68. The molecule has 0 unspecified atom stereocenters. The third-order valence-electron chi connectivity index (χ3n) is 5.27. The van der Waals surface area contributed by atoms with Crippen LogP contribution in [0.1, 0.15) is 38.1 Å². The topological polar surface area (TPSA) is 90.9 Å². The number of carbonyl (C=O) groups excluding carboxylic acids is 2. The monoisotopic (exact) mass is 591 g/mol. The number of hydrogen-bond donors (Lipinski definition) is 3. The second-order valence-corrected chi connectivity index (χ2v) is 10.4. The first-order valence-electron chi connectivity index (χ1n) is 10.4. The number of benzene rings is 2. The third-order valence-corrected chi connectivity index (χ3v) is 5.94. The molecule has 0 saturated carbocycles. The molecule has 0 aliphatic carbocycles. The summed E-state index contributed by atoms with van der Waals surface area (Å²) in [7, 11) is 0. The standard InChI is InChI=1S/C23H25F3IN3O4/c1-12(28-21(32)34-22(2,3)4)23(33)10-30(11-23)20(31)14-6-7-15(24)18(26)19(14)29-17-8-5-13(27)9-16(17)25/h5-9,12,29,33H,10-11H2,1-4H3,(H,28,32)/t12-/m1/s1. The fraction of sp³-hybridized carbons (Fsp3) is 0.391. The van der Waals surface area contributed by atoms with Crippen LogP contribution < -0.4 is 10.6 Å². The Hall–Kier alpha value is -2.54. The Balaban J connectivity index is 1.76. The molecule has 1 atom stereocenters. The number of alkyl carbamates (subject to hydrolysis) is 1. The molecule has 1 fully saturated rings. The highest BCUT2D eigenvalue weighted by molar-refractivity contribution is 14.1. The van der Waals surface area contributed by atoms with E-state index < -0.39 is 52.4 Å². The lowest BCUT2D eigenvalue weighted by Crippen LogP contribution is -2.71. The van der Waals surface area contributed by atoms with Crippen molar-refractivity contribution < 1.29 is 32.6 Å². The molecule has 1 aliphatic heterocycles. The fourth-order valence-electron chi connectivity index (χ4n) is 3.40. The van der Waals surface area contributed by atoms with E-state index in [-0.39, 0.29) is 24.3 Å². The highest BCUT2D eigenvalue weighted by Gasteiger charge is 2.49. The molecule has 11 heteroatoms. The van der Waals surface area contributed by atoms with E-state index in [1.54, 1.807) is 33.8 Å². The second-order valence-electron chi connectivity index (χ2n) is 9.17. The maximum absolute atomic E-state index is 14.6. The van der Waals surface area contributed by atoms with E-state index in [0.29, 0.717) is 3.57 Å². The lowest BCUT2D eigenvalue weighted by atomic mass is 9.86. The number of nitrogens with one attached hydrogen (secondary N) is 2. The molecule has 7 nitrogen and oxygen atoms in total. The smallest absolute Gasteiger partial charge is 0.407 e. The number of halogens is 4. The van der Waals surface area contributed by atoms with E-state index in [2.05, 4.69) is 10.6 Å². The van der Waals surface area contributed by atoms with Gasteiger partial charge in [-0.05, 0) is 80.6 Å². The molecule has 1 aliphatic rings. The van der Waals surface area contributed by atoms with Crippen LogP contribution in [0.5, 0.6) is 0 Å². The average molecular weight is 591 g/mol. The Morgan fingerprint density at radius 2 is 1.79 bits per heavy atom. The van der Waals surface area contributed by atoms with Gasteiger partial charge in [0.2, 0.25) is 0 Å². The normalized spacial score (nSPS) is 15.9. The van der Waals surface area contributed by atoms with Gasteiger partial charge in [-0.1, -0.05) is 0 Å².